The maximum Gasteiger partial charge on any atom is 0.164 e. The summed E-state index contributed by atoms with van der Waals surface area (Å²) in [4.78, 5) is 2.00. The van der Waals surface area contributed by atoms with Crippen molar-refractivity contribution in [2.75, 3.05) is 13.6 Å². The highest BCUT2D eigenvalue weighted by molar-refractivity contribution is 5.21. The van der Waals surface area contributed by atoms with E-state index in [2.05, 4.69) is 0 Å². The number of aryl methyl sites for hydroxylation is 1. The highest BCUT2D eigenvalue weighted by Gasteiger charge is 2.16. The molecule has 0 radical (unpaired) electrons. The summed E-state index contributed by atoms with van der Waals surface area (Å²) in [5, 5.41) is 10.0. The molecule has 0 aliphatic rings. The first kappa shape index (κ1) is 15.7. The molecular formula is C16H19F2NO2. The molecule has 0 aliphatic carbocycles. The Balaban J connectivity index is 1.90. The van der Waals surface area contributed by atoms with Gasteiger partial charge in [-0.1, -0.05) is 12.1 Å². The van der Waals surface area contributed by atoms with Gasteiger partial charge >= 0.3 is 0 Å². The zero-order valence-electron chi connectivity index (χ0n) is 12.1. The minimum Gasteiger partial charge on any atom is -0.469 e. The van der Waals surface area contributed by atoms with E-state index < -0.39 is 17.7 Å². The first-order valence-corrected chi connectivity index (χ1v) is 6.82. The zero-order chi connectivity index (χ0) is 15.4. The van der Waals surface area contributed by atoms with Crippen molar-refractivity contribution < 1.29 is 18.3 Å². The van der Waals surface area contributed by atoms with Crippen molar-refractivity contribution in [1.29, 1.82) is 0 Å². The molecule has 0 bridgehead atoms. The van der Waals surface area contributed by atoms with Gasteiger partial charge < -0.3 is 14.4 Å². The van der Waals surface area contributed by atoms with E-state index in [1.165, 1.54) is 12.1 Å². The molecule has 3 nitrogen and oxygen atoms in total. The summed E-state index contributed by atoms with van der Waals surface area (Å²) in [6, 6.07) is 5.74. The molecule has 0 spiro atoms. The molecule has 0 saturated carbocycles. The molecule has 1 unspecified atom stereocenters. The number of halogens is 2. The topological polar surface area (TPSA) is 36.6 Å². The van der Waals surface area contributed by atoms with Crippen LogP contribution in [-0.4, -0.2) is 23.6 Å². The van der Waals surface area contributed by atoms with Gasteiger partial charge in [-0.15, -0.1) is 0 Å². The second kappa shape index (κ2) is 6.83. The van der Waals surface area contributed by atoms with Crippen molar-refractivity contribution in [3.05, 3.63) is 59.1 Å². The number of hydrogen-bond acceptors (Lipinski definition) is 3. The summed E-state index contributed by atoms with van der Waals surface area (Å²) in [6.45, 7) is 3.13. The lowest BCUT2D eigenvalue weighted by Gasteiger charge is -2.19. The number of aliphatic hydroxyl groups excluding tert-OH is 1. The summed E-state index contributed by atoms with van der Waals surface area (Å²) < 4.78 is 31.9. The van der Waals surface area contributed by atoms with E-state index >= 15 is 0 Å². The summed E-state index contributed by atoms with van der Waals surface area (Å²) >= 11 is 0. The van der Waals surface area contributed by atoms with E-state index in [0.717, 1.165) is 17.4 Å². The Hall–Kier alpha value is -1.72. The lowest BCUT2D eigenvalue weighted by atomic mass is 10.1. The van der Waals surface area contributed by atoms with Crippen LogP contribution in [-0.2, 0) is 6.54 Å². The van der Waals surface area contributed by atoms with Crippen molar-refractivity contribution >= 4 is 0 Å². The third-order valence-corrected chi connectivity index (χ3v) is 3.53. The number of aliphatic hydroxyl groups is 1. The van der Waals surface area contributed by atoms with Gasteiger partial charge in [-0.2, -0.15) is 0 Å². The van der Waals surface area contributed by atoms with E-state index in [9.17, 15) is 13.9 Å². The van der Waals surface area contributed by atoms with Gasteiger partial charge in [-0.3, -0.25) is 0 Å². The Morgan fingerprint density at radius 2 is 2.05 bits per heavy atom. The minimum atomic E-state index is -1.02. The van der Waals surface area contributed by atoms with Gasteiger partial charge in [-0.05, 0) is 32.5 Å². The third-order valence-electron chi connectivity index (χ3n) is 3.53. The molecule has 1 atom stereocenters. The molecule has 21 heavy (non-hydrogen) atoms. The summed E-state index contributed by atoms with van der Waals surface area (Å²) in [5.74, 6) is -1.05. The first-order valence-electron chi connectivity index (χ1n) is 6.82. The van der Waals surface area contributed by atoms with Crippen LogP contribution in [0.25, 0.3) is 0 Å². The number of furan rings is 1. The third kappa shape index (κ3) is 3.89. The molecular weight excluding hydrogens is 276 g/mol. The van der Waals surface area contributed by atoms with E-state index in [1.54, 1.807) is 6.26 Å². The van der Waals surface area contributed by atoms with Crippen LogP contribution in [0.5, 0.6) is 0 Å². The molecule has 2 aromatic rings. The maximum absolute atomic E-state index is 13.6. The second-order valence-corrected chi connectivity index (χ2v) is 5.19. The molecule has 0 amide bonds. The molecule has 0 saturated heterocycles. The Morgan fingerprint density at radius 1 is 1.29 bits per heavy atom. The van der Waals surface area contributed by atoms with Gasteiger partial charge in [-0.25, -0.2) is 8.78 Å². The van der Waals surface area contributed by atoms with Crippen LogP contribution in [0, 0.1) is 18.6 Å². The van der Waals surface area contributed by atoms with E-state index in [1.807, 2.05) is 24.9 Å². The molecule has 1 N–H and O–H groups in total. The smallest absolute Gasteiger partial charge is 0.164 e. The van der Waals surface area contributed by atoms with E-state index in [-0.39, 0.29) is 5.56 Å². The second-order valence-electron chi connectivity index (χ2n) is 5.19. The van der Waals surface area contributed by atoms with Gasteiger partial charge in [0.05, 0.1) is 12.4 Å². The fraction of sp³-hybridized carbons (Fsp3) is 0.375. The molecule has 5 heteroatoms. The Morgan fingerprint density at radius 3 is 2.71 bits per heavy atom. The average molecular weight is 295 g/mol. The predicted octanol–water partition coefficient (Wildman–Crippen LogP) is 3.42. The van der Waals surface area contributed by atoms with Crippen molar-refractivity contribution in [3.8, 4) is 0 Å². The van der Waals surface area contributed by atoms with Gasteiger partial charge in [0.2, 0.25) is 0 Å². The molecule has 0 fully saturated rings. The van der Waals surface area contributed by atoms with Gasteiger partial charge in [0.1, 0.15) is 5.76 Å². The molecule has 2 rings (SSSR count). The van der Waals surface area contributed by atoms with Crippen molar-refractivity contribution in [2.45, 2.75) is 26.0 Å². The fourth-order valence-corrected chi connectivity index (χ4v) is 2.22. The normalized spacial score (nSPS) is 12.9. The van der Waals surface area contributed by atoms with Crippen LogP contribution >= 0.6 is 0 Å². The predicted molar refractivity (Wildman–Crippen MR) is 75.7 cm³/mol. The molecule has 1 heterocycles. The minimum absolute atomic E-state index is 0.00268. The van der Waals surface area contributed by atoms with Gasteiger partial charge in [0.25, 0.3) is 0 Å². The van der Waals surface area contributed by atoms with Crippen LogP contribution in [0.1, 0.15) is 29.4 Å². The van der Waals surface area contributed by atoms with Crippen molar-refractivity contribution in [1.82, 2.24) is 4.90 Å². The van der Waals surface area contributed by atoms with Crippen molar-refractivity contribution in [3.63, 3.8) is 0 Å². The van der Waals surface area contributed by atoms with Crippen LogP contribution in [0.15, 0.2) is 34.9 Å². The van der Waals surface area contributed by atoms with E-state index in [4.69, 9.17) is 4.42 Å². The number of rotatable bonds is 6. The number of nitrogens with zero attached hydrogens (tertiary/aromatic N) is 1. The van der Waals surface area contributed by atoms with Crippen LogP contribution < -0.4 is 0 Å². The summed E-state index contributed by atoms with van der Waals surface area (Å²) in [5.41, 5.74) is 1.08. The lowest BCUT2D eigenvalue weighted by Crippen LogP contribution is -2.21. The van der Waals surface area contributed by atoms with Crippen LogP contribution in [0.2, 0.25) is 0 Å². The molecule has 114 valence electrons. The van der Waals surface area contributed by atoms with Crippen LogP contribution in [0.4, 0.5) is 8.78 Å². The monoisotopic (exact) mass is 295 g/mol. The standard InChI is InChI=1S/C16H19F2NO2/c1-11-12(7-9-21-11)10-19(2)8-6-15(20)13-4-3-5-14(17)16(13)18/h3-5,7,9,15,20H,6,8,10H2,1-2H3. The Bertz CT molecular complexity index is 598. The highest BCUT2D eigenvalue weighted by atomic mass is 19.2. The zero-order valence-corrected chi connectivity index (χ0v) is 12.1. The first-order chi connectivity index (χ1) is 9.99. The Labute approximate surface area is 122 Å². The van der Waals surface area contributed by atoms with Crippen molar-refractivity contribution in [2.24, 2.45) is 0 Å². The summed E-state index contributed by atoms with van der Waals surface area (Å²) in [6.07, 6.45) is 0.942. The van der Waals surface area contributed by atoms with Crippen LogP contribution in [0.3, 0.4) is 0 Å². The lowest BCUT2D eigenvalue weighted by molar-refractivity contribution is 0.143. The molecule has 0 aliphatic heterocycles. The largest absolute Gasteiger partial charge is 0.469 e. The van der Waals surface area contributed by atoms with E-state index in [0.29, 0.717) is 19.5 Å². The quantitative estimate of drug-likeness (QED) is 0.887. The average Bonchev–Trinajstić information content (AvgIpc) is 2.84. The highest BCUT2D eigenvalue weighted by Crippen LogP contribution is 2.22. The fourth-order valence-electron chi connectivity index (χ4n) is 2.22. The number of hydrogen-bond donors (Lipinski definition) is 1. The maximum atomic E-state index is 13.6. The molecule has 1 aromatic carbocycles. The molecule has 1 aromatic heterocycles. The van der Waals surface area contributed by atoms with Gasteiger partial charge in [0, 0.05) is 24.2 Å². The number of benzene rings is 1. The SMILES string of the molecule is Cc1occc1CN(C)CCC(O)c1cccc(F)c1F. The Kier molecular flexibility index (Phi) is 5.09. The van der Waals surface area contributed by atoms with Gasteiger partial charge in [0.15, 0.2) is 11.6 Å². The summed E-state index contributed by atoms with van der Waals surface area (Å²) in [7, 11) is 1.90.